The Morgan fingerprint density at radius 2 is 1.79 bits per heavy atom. The average Bonchev–Trinajstić information content (AvgIpc) is 2.21. The normalized spacial score (nSPS) is 18.5. The summed E-state index contributed by atoms with van der Waals surface area (Å²) in [6.07, 6.45) is 9.07. The van der Waals surface area contributed by atoms with Gasteiger partial charge in [-0.3, -0.25) is 0 Å². The van der Waals surface area contributed by atoms with Crippen LogP contribution in [0.5, 0.6) is 0 Å². The molecule has 0 fully saturated rings. The van der Waals surface area contributed by atoms with Gasteiger partial charge in [-0.1, -0.05) is 42.5 Å². The monoisotopic (exact) mass is 188 g/mol. The third kappa shape index (κ3) is 4.48. The molecule has 2 heteroatoms. The van der Waals surface area contributed by atoms with Crippen LogP contribution in [0.3, 0.4) is 0 Å². The molecule has 0 saturated carbocycles. The van der Waals surface area contributed by atoms with E-state index in [9.17, 15) is 0 Å². The molecule has 0 saturated heterocycles. The van der Waals surface area contributed by atoms with Crippen LogP contribution in [0.15, 0.2) is 54.6 Å². The molecule has 0 heterocycles. The van der Waals surface area contributed by atoms with Crippen LogP contribution in [-0.2, 0) is 0 Å². The van der Waals surface area contributed by atoms with Crippen LogP contribution < -0.4 is 11.5 Å². The van der Waals surface area contributed by atoms with E-state index in [0.29, 0.717) is 0 Å². The van der Waals surface area contributed by atoms with E-state index in [1.807, 2.05) is 48.6 Å². The summed E-state index contributed by atoms with van der Waals surface area (Å²) in [6.45, 7) is 0. The molecule has 0 radical (unpaired) electrons. The maximum Gasteiger partial charge on any atom is 0.0313 e. The standard InChI is InChI=1S/C6H9N.C6H7N/c2*7-6-4-2-1-3-5-6/h1-4,6H,5,7H2;1-5H,7H2. The summed E-state index contributed by atoms with van der Waals surface area (Å²) in [6, 6.07) is 9.76. The second kappa shape index (κ2) is 6.00. The van der Waals surface area contributed by atoms with E-state index in [-0.39, 0.29) is 6.04 Å². The molecule has 4 N–H and O–H groups in total. The minimum Gasteiger partial charge on any atom is -0.399 e. The number of para-hydroxylation sites is 1. The maximum atomic E-state index is 5.50. The number of hydrogen-bond donors (Lipinski definition) is 2. The van der Waals surface area contributed by atoms with Crippen molar-refractivity contribution in [3.63, 3.8) is 0 Å². The fourth-order valence-electron chi connectivity index (χ4n) is 1.05. The molecule has 2 rings (SSSR count). The molecular formula is C12H16N2. The first-order valence-electron chi connectivity index (χ1n) is 4.68. The maximum absolute atomic E-state index is 5.50. The first-order valence-corrected chi connectivity index (χ1v) is 4.68. The van der Waals surface area contributed by atoms with Crippen molar-refractivity contribution in [2.45, 2.75) is 12.5 Å². The van der Waals surface area contributed by atoms with Gasteiger partial charge < -0.3 is 11.5 Å². The SMILES string of the molecule is NC1C=CC=CC1.Nc1ccccc1. The zero-order valence-electron chi connectivity index (χ0n) is 8.14. The van der Waals surface area contributed by atoms with Gasteiger partial charge in [-0.2, -0.15) is 0 Å². The molecule has 1 aliphatic rings. The van der Waals surface area contributed by atoms with Gasteiger partial charge in [0.1, 0.15) is 0 Å². The molecule has 74 valence electrons. The molecule has 0 spiro atoms. The van der Waals surface area contributed by atoms with Crippen molar-refractivity contribution in [3.8, 4) is 0 Å². The van der Waals surface area contributed by atoms with E-state index in [1.165, 1.54) is 0 Å². The third-order valence-corrected chi connectivity index (χ3v) is 1.81. The van der Waals surface area contributed by atoms with Gasteiger partial charge in [0.05, 0.1) is 0 Å². The molecule has 1 atom stereocenters. The zero-order valence-corrected chi connectivity index (χ0v) is 8.14. The molecule has 0 bridgehead atoms. The van der Waals surface area contributed by atoms with E-state index < -0.39 is 0 Å². The van der Waals surface area contributed by atoms with Crippen molar-refractivity contribution < 1.29 is 0 Å². The first-order chi connectivity index (χ1) is 6.79. The number of allylic oxidation sites excluding steroid dienone is 2. The minimum absolute atomic E-state index is 0.269. The minimum atomic E-state index is 0.269. The Balaban J connectivity index is 0.000000140. The number of rotatable bonds is 0. The predicted molar refractivity (Wildman–Crippen MR) is 61.7 cm³/mol. The molecule has 1 aromatic rings. The van der Waals surface area contributed by atoms with E-state index in [1.54, 1.807) is 0 Å². The van der Waals surface area contributed by atoms with Crippen LogP contribution in [0.4, 0.5) is 5.69 Å². The fourth-order valence-corrected chi connectivity index (χ4v) is 1.05. The molecule has 0 amide bonds. The molecule has 0 aromatic heterocycles. The lowest BCUT2D eigenvalue weighted by Gasteiger charge is -2.02. The predicted octanol–water partition coefficient (Wildman–Crippen LogP) is 2.10. The van der Waals surface area contributed by atoms with Gasteiger partial charge in [-0.05, 0) is 18.6 Å². The van der Waals surface area contributed by atoms with E-state index in [2.05, 4.69) is 6.08 Å². The van der Waals surface area contributed by atoms with Crippen LogP contribution in [0.2, 0.25) is 0 Å². The fraction of sp³-hybridized carbons (Fsp3) is 0.167. The molecule has 0 aliphatic heterocycles. The van der Waals surface area contributed by atoms with Crippen LogP contribution >= 0.6 is 0 Å². The quantitative estimate of drug-likeness (QED) is 0.612. The lowest BCUT2D eigenvalue weighted by Crippen LogP contribution is -2.16. The highest BCUT2D eigenvalue weighted by molar-refractivity contribution is 5.35. The van der Waals surface area contributed by atoms with Gasteiger partial charge in [-0.15, -0.1) is 0 Å². The van der Waals surface area contributed by atoms with Crippen molar-refractivity contribution in [3.05, 3.63) is 54.6 Å². The second-order valence-corrected chi connectivity index (χ2v) is 3.12. The highest BCUT2D eigenvalue weighted by Crippen LogP contribution is 1.98. The number of anilines is 1. The van der Waals surface area contributed by atoms with Crippen molar-refractivity contribution in [2.24, 2.45) is 5.73 Å². The van der Waals surface area contributed by atoms with E-state index in [0.717, 1.165) is 12.1 Å². The van der Waals surface area contributed by atoms with E-state index >= 15 is 0 Å². The lowest BCUT2D eigenvalue weighted by atomic mass is 10.1. The van der Waals surface area contributed by atoms with Gasteiger partial charge >= 0.3 is 0 Å². The Morgan fingerprint density at radius 3 is 2.07 bits per heavy atom. The molecule has 2 nitrogen and oxygen atoms in total. The summed E-state index contributed by atoms with van der Waals surface area (Å²) in [5.74, 6) is 0. The number of hydrogen-bond acceptors (Lipinski definition) is 2. The van der Waals surface area contributed by atoms with Gasteiger partial charge in [0.2, 0.25) is 0 Å². The summed E-state index contributed by atoms with van der Waals surface area (Å²) < 4.78 is 0. The van der Waals surface area contributed by atoms with Gasteiger partial charge in [0, 0.05) is 11.7 Å². The molecular weight excluding hydrogens is 172 g/mol. The van der Waals surface area contributed by atoms with Gasteiger partial charge in [0.25, 0.3) is 0 Å². The molecule has 14 heavy (non-hydrogen) atoms. The number of nitrogens with two attached hydrogens (primary N) is 2. The van der Waals surface area contributed by atoms with Crippen molar-refractivity contribution in [1.29, 1.82) is 0 Å². The Hall–Kier alpha value is -1.54. The topological polar surface area (TPSA) is 52.0 Å². The summed E-state index contributed by atoms with van der Waals surface area (Å²) >= 11 is 0. The molecule has 1 unspecified atom stereocenters. The van der Waals surface area contributed by atoms with Crippen molar-refractivity contribution >= 4 is 5.69 Å². The first kappa shape index (κ1) is 10.5. The van der Waals surface area contributed by atoms with Crippen molar-refractivity contribution in [2.75, 3.05) is 5.73 Å². The molecule has 1 aromatic carbocycles. The second-order valence-electron chi connectivity index (χ2n) is 3.12. The van der Waals surface area contributed by atoms with Crippen molar-refractivity contribution in [1.82, 2.24) is 0 Å². The van der Waals surface area contributed by atoms with Crippen LogP contribution in [0.25, 0.3) is 0 Å². The number of benzene rings is 1. The van der Waals surface area contributed by atoms with Gasteiger partial charge in [-0.25, -0.2) is 0 Å². The highest BCUT2D eigenvalue weighted by Gasteiger charge is 1.93. The zero-order chi connectivity index (χ0) is 10.2. The summed E-state index contributed by atoms with van der Waals surface area (Å²) in [4.78, 5) is 0. The lowest BCUT2D eigenvalue weighted by molar-refractivity contribution is 0.826. The smallest absolute Gasteiger partial charge is 0.0313 e. The van der Waals surface area contributed by atoms with Crippen LogP contribution in [-0.4, -0.2) is 6.04 Å². The Morgan fingerprint density at radius 1 is 1.07 bits per heavy atom. The van der Waals surface area contributed by atoms with Crippen LogP contribution in [0.1, 0.15) is 6.42 Å². The Labute approximate surface area is 84.9 Å². The Bertz CT molecular complexity index is 301. The van der Waals surface area contributed by atoms with E-state index in [4.69, 9.17) is 11.5 Å². The average molecular weight is 188 g/mol. The van der Waals surface area contributed by atoms with Gasteiger partial charge in [0.15, 0.2) is 0 Å². The largest absolute Gasteiger partial charge is 0.399 e. The summed E-state index contributed by atoms with van der Waals surface area (Å²) in [7, 11) is 0. The third-order valence-electron chi connectivity index (χ3n) is 1.81. The summed E-state index contributed by atoms with van der Waals surface area (Å²) in [5.41, 5.74) is 11.7. The summed E-state index contributed by atoms with van der Waals surface area (Å²) in [5, 5.41) is 0. The number of nitrogen functional groups attached to an aromatic ring is 1. The Kier molecular flexibility index (Phi) is 4.51. The van der Waals surface area contributed by atoms with Crippen LogP contribution in [0, 0.1) is 0 Å². The molecule has 1 aliphatic carbocycles. The highest BCUT2D eigenvalue weighted by atomic mass is 14.6.